The number of nitrogens with one attached hydrogen (secondary N) is 2. The molecule has 0 aliphatic carbocycles. The summed E-state index contributed by atoms with van der Waals surface area (Å²) in [5, 5.41) is 5.84. The first-order valence-electron chi connectivity index (χ1n) is 8.73. The summed E-state index contributed by atoms with van der Waals surface area (Å²) < 4.78 is 5.47. The van der Waals surface area contributed by atoms with Crippen molar-refractivity contribution in [2.24, 2.45) is 5.92 Å². The summed E-state index contributed by atoms with van der Waals surface area (Å²) in [5.74, 6) is 1.81. The lowest BCUT2D eigenvalue weighted by Crippen LogP contribution is -2.36. The molecule has 3 rings (SSSR count). The zero-order valence-electron chi connectivity index (χ0n) is 13.9. The second-order valence-corrected chi connectivity index (χ2v) is 6.68. The molecule has 0 unspecified atom stereocenters. The number of amides is 2. The van der Waals surface area contributed by atoms with Crippen molar-refractivity contribution in [2.45, 2.75) is 32.6 Å². The quantitative estimate of drug-likeness (QED) is 0.821. The molecule has 0 atom stereocenters. The lowest BCUT2D eigenvalue weighted by molar-refractivity contribution is 0.190. The molecular formula is C18H27N3O2. The number of hydrogen-bond acceptors (Lipinski definition) is 3. The molecule has 1 saturated heterocycles. The van der Waals surface area contributed by atoms with E-state index < -0.39 is 0 Å². The minimum atomic E-state index is -0.129. The van der Waals surface area contributed by atoms with E-state index >= 15 is 0 Å². The molecule has 0 saturated carbocycles. The van der Waals surface area contributed by atoms with Crippen molar-refractivity contribution in [2.75, 3.05) is 38.1 Å². The maximum absolute atomic E-state index is 11.9. The molecule has 1 aromatic carbocycles. The first-order valence-corrected chi connectivity index (χ1v) is 8.73. The number of likely N-dealkylation sites (tertiary alicyclic amines) is 1. The topological polar surface area (TPSA) is 53.6 Å². The zero-order chi connectivity index (χ0) is 16.1. The minimum absolute atomic E-state index is 0.129. The normalized spacial score (nSPS) is 18.3. The Bertz CT molecular complexity index is 539. The van der Waals surface area contributed by atoms with E-state index in [2.05, 4.69) is 22.5 Å². The fraction of sp³-hybridized carbons (Fsp3) is 0.611. The van der Waals surface area contributed by atoms with Gasteiger partial charge in [0.25, 0.3) is 0 Å². The van der Waals surface area contributed by atoms with Crippen molar-refractivity contribution in [1.82, 2.24) is 10.2 Å². The number of rotatable bonds is 5. The third-order valence-corrected chi connectivity index (χ3v) is 4.76. The lowest BCUT2D eigenvalue weighted by atomic mass is 9.99. The summed E-state index contributed by atoms with van der Waals surface area (Å²) in [4.78, 5) is 14.4. The van der Waals surface area contributed by atoms with E-state index in [1.54, 1.807) is 0 Å². The van der Waals surface area contributed by atoms with Gasteiger partial charge in [-0.2, -0.15) is 0 Å². The molecule has 2 aliphatic rings. The smallest absolute Gasteiger partial charge is 0.319 e. The van der Waals surface area contributed by atoms with Crippen LogP contribution in [0.1, 0.15) is 31.7 Å². The first kappa shape index (κ1) is 16.1. The second-order valence-electron chi connectivity index (χ2n) is 6.68. The number of anilines is 1. The van der Waals surface area contributed by atoms with E-state index in [1.165, 1.54) is 31.5 Å². The molecule has 0 aromatic heterocycles. The average molecular weight is 317 g/mol. The standard InChI is InChI=1S/C18H27N3O2/c1-14-5-10-21(11-6-14)9-2-8-19-18(22)20-16-3-4-17-15(13-16)7-12-23-17/h3-4,13-14H,2,5-12H2,1H3,(H2,19,20,22). The second kappa shape index (κ2) is 7.68. The highest BCUT2D eigenvalue weighted by Crippen LogP contribution is 2.27. The number of fused-ring (bicyclic) bond motifs is 1. The van der Waals surface area contributed by atoms with Gasteiger partial charge in [-0.05, 0) is 68.6 Å². The van der Waals surface area contributed by atoms with E-state index in [1.807, 2.05) is 18.2 Å². The van der Waals surface area contributed by atoms with Gasteiger partial charge in [-0.25, -0.2) is 4.79 Å². The summed E-state index contributed by atoms with van der Waals surface area (Å²) in [6, 6.07) is 5.68. The van der Waals surface area contributed by atoms with Crippen LogP contribution < -0.4 is 15.4 Å². The van der Waals surface area contributed by atoms with Gasteiger partial charge in [0, 0.05) is 18.7 Å². The van der Waals surface area contributed by atoms with Gasteiger partial charge in [-0.1, -0.05) is 6.92 Å². The highest BCUT2D eigenvalue weighted by atomic mass is 16.5. The number of ether oxygens (including phenoxy) is 1. The van der Waals surface area contributed by atoms with Crippen molar-refractivity contribution in [3.63, 3.8) is 0 Å². The maximum Gasteiger partial charge on any atom is 0.319 e. The highest BCUT2D eigenvalue weighted by Gasteiger charge is 2.15. The van der Waals surface area contributed by atoms with Crippen LogP contribution >= 0.6 is 0 Å². The highest BCUT2D eigenvalue weighted by molar-refractivity contribution is 5.89. The molecule has 5 heteroatoms. The zero-order valence-corrected chi connectivity index (χ0v) is 13.9. The molecule has 126 valence electrons. The van der Waals surface area contributed by atoms with Crippen molar-refractivity contribution in [3.05, 3.63) is 23.8 Å². The van der Waals surface area contributed by atoms with Crippen LogP contribution in [0.3, 0.4) is 0 Å². The van der Waals surface area contributed by atoms with Crippen molar-refractivity contribution < 1.29 is 9.53 Å². The summed E-state index contributed by atoms with van der Waals surface area (Å²) in [7, 11) is 0. The van der Waals surface area contributed by atoms with E-state index in [0.29, 0.717) is 6.54 Å². The van der Waals surface area contributed by atoms with Gasteiger partial charge < -0.3 is 20.3 Å². The van der Waals surface area contributed by atoms with Gasteiger partial charge >= 0.3 is 6.03 Å². The van der Waals surface area contributed by atoms with Gasteiger partial charge in [0.1, 0.15) is 5.75 Å². The fourth-order valence-electron chi connectivity index (χ4n) is 3.23. The number of carbonyl (C=O) groups is 1. The van der Waals surface area contributed by atoms with E-state index in [9.17, 15) is 4.79 Å². The largest absolute Gasteiger partial charge is 0.493 e. The molecule has 2 N–H and O–H groups in total. The number of urea groups is 1. The summed E-state index contributed by atoms with van der Waals surface area (Å²) >= 11 is 0. The van der Waals surface area contributed by atoms with Crippen LogP contribution in [0, 0.1) is 5.92 Å². The molecule has 1 fully saturated rings. The van der Waals surface area contributed by atoms with Gasteiger partial charge in [0.15, 0.2) is 0 Å². The Labute approximate surface area is 138 Å². The molecular weight excluding hydrogens is 290 g/mol. The Kier molecular flexibility index (Phi) is 5.39. The van der Waals surface area contributed by atoms with Crippen molar-refractivity contribution in [3.8, 4) is 5.75 Å². The Morgan fingerprint density at radius 1 is 1.35 bits per heavy atom. The van der Waals surface area contributed by atoms with Crippen LogP contribution in [0.15, 0.2) is 18.2 Å². The van der Waals surface area contributed by atoms with E-state index in [-0.39, 0.29) is 6.03 Å². The monoisotopic (exact) mass is 317 g/mol. The predicted molar refractivity (Wildman–Crippen MR) is 92.1 cm³/mol. The molecule has 0 bridgehead atoms. The molecule has 2 aliphatic heterocycles. The molecule has 1 aromatic rings. The number of carbonyl (C=O) groups excluding carboxylic acids is 1. The van der Waals surface area contributed by atoms with E-state index in [0.717, 1.165) is 43.3 Å². The van der Waals surface area contributed by atoms with Gasteiger partial charge in [0.2, 0.25) is 0 Å². The molecule has 0 radical (unpaired) electrons. The summed E-state index contributed by atoms with van der Waals surface area (Å²) in [5.41, 5.74) is 2.00. The van der Waals surface area contributed by atoms with Crippen LogP contribution in [0.2, 0.25) is 0 Å². The first-order chi connectivity index (χ1) is 11.2. The van der Waals surface area contributed by atoms with Crippen LogP contribution in [0.25, 0.3) is 0 Å². The van der Waals surface area contributed by atoms with Crippen molar-refractivity contribution >= 4 is 11.7 Å². The van der Waals surface area contributed by atoms with Crippen LogP contribution in [-0.4, -0.2) is 43.7 Å². The number of nitrogens with zero attached hydrogens (tertiary/aromatic N) is 1. The SMILES string of the molecule is CC1CCN(CCCNC(=O)Nc2ccc3c(c2)CCO3)CC1. The third-order valence-electron chi connectivity index (χ3n) is 4.76. The Morgan fingerprint density at radius 3 is 3.00 bits per heavy atom. The molecule has 2 amide bonds. The molecule has 23 heavy (non-hydrogen) atoms. The molecule has 5 nitrogen and oxygen atoms in total. The Balaban J connectivity index is 1.33. The molecule has 2 heterocycles. The Morgan fingerprint density at radius 2 is 2.17 bits per heavy atom. The van der Waals surface area contributed by atoms with Crippen LogP contribution in [0.4, 0.5) is 10.5 Å². The maximum atomic E-state index is 11.9. The number of benzene rings is 1. The number of piperidine rings is 1. The predicted octanol–water partition coefficient (Wildman–Crippen LogP) is 2.87. The van der Waals surface area contributed by atoms with Crippen molar-refractivity contribution in [1.29, 1.82) is 0 Å². The van der Waals surface area contributed by atoms with E-state index in [4.69, 9.17) is 4.74 Å². The summed E-state index contributed by atoms with van der Waals surface area (Å²) in [6.07, 6.45) is 4.52. The average Bonchev–Trinajstić information content (AvgIpc) is 3.01. The van der Waals surface area contributed by atoms with Gasteiger partial charge in [-0.15, -0.1) is 0 Å². The third kappa shape index (κ3) is 4.61. The lowest BCUT2D eigenvalue weighted by Gasteiger charge is -2.30. The molecule has 0 spiro atoms. The minimum Gasteiger partial charge on any atom is -0.493 e. The summed E-state index contributed by atoms with van der Waals surface area (Å²) in [6.45, 7) is 7.25. The van der Waals surface area contributed by atoms with Crippen LogP contribution in [-0.2, 0) is 6.42 Å². The van der Waals surface area contributed by atoms with Crippen LogP contribution in [0.5, 0.6) is 5.75 Å². The van der Waals surface area contributed by atoms with Gasteiger partial charge in [0.05, 0.1) is 6.61 Å². The Hall–Kier alpha value is -1.75. The fourth-order valence-corrected chi connectivity index (χ4v) is 3.23. The van der Waals surface area contributed by atoms with Gasteiger partial charge in [-0.3, -0.25) is 0 Å². The number of hydrogen-bond donors (Lipinski definition) is 2.